The van der Waals surface area contributed by atoms with E-state index in [1.54, 1.807) is 0 Å². The maximum Gasteiger partial charge on any atom is 0.173 e. The maximum absolute atomic E-state index is 5.58. The van der Waals surface area contributed by atoms with Crippen molar-refractivity contribution in [3.05, 3.63) is 0 Å². The van der Waals surface area contributed by atoms with Crippen LogP contribution < -0.4 is 0 Å². The third-order valence-electron chi connectivity index (χ3n) is 1.20. The first-order valence-electron chi connectivity index (χ1n) is 3.36. The van der Waals surface area contributed by atoms with Crippen LogP contribution in [-0.2, 0) is 4.43 Å². The van der Waals surface area contributed by atoms with Gasteiger partial charge < -0.3 is 4.43 Å². The van der Waals surface area contributed by atoms with Crippen LogP contribution in [0.5, 0.6) is 0 Å². The van der Waals surface area contributed by atoms with Crippen molar-refractivity contribution < 1.29 is 4.43 Å². The van der Waals surface area contributed by atoms with Gasteiger partial charge in [0.15, 0.2) is 9.04 Å². The minimum atomic E-state index is -0.826. The maximum atomic E-state index is 5.58. The summed E-state index contributed by atoms with van der Waals surface area (Å²) in [6.07, 6.45) is 0.289. The Balaban J connectivity index is 3.38. The van der Waals surface area contributed by atoms with Gasteiger partial charge in [-0.05, 0) is 34.1 Å². The molecule has 0 amide bonds. The molecular formula is C6H17NOSi. The molecule has 0 saturated heterocycles. The summed E-state index contributed by atoms with van der Waals surface area (Å²) in [5.74, 6) is 0. The molecule has 0 aliphatic rings. The second-order valence-corrected chi connectivity index (χ2v) is 5.12. The topological polar surface area (TPSA) is 12.5 Å². The standard InChI is InChI=1S/C6H17NOSi/c1-6(7(2)3)8-9(4)5/h6,9H,1-5H3. The van der Waals surface area contributed by atoms with Gasteiger partial charge >= 0.3 is 0 Å². The van der Waals surface area contributed by atoms with Gasteiger partial charge in [0.25, 0.3) is 0 Å². The third-order valence-corrected chi connectivity index (χ3v) is 2.13. The highest BCUT2D eigenvalue weighted by Gasteiger charge is 2.05. The third kappa shape index (κ3) is 4.63. The van der Waals surface area contributed by atoms with E-state index in [1.807, 2.05) is 14.1 Å². The van der Waals surface area contributed by atoms with Crippen molar-refractivity contribution >= 4 is 9.04 Å². The van der Waals surface area contributed by atoms with E-state index in [2.05, 4.69) is 24.9 Å². The Kier molecular flexibility index (Phi) is 4.09. The van der Waals surface area contributed by atoms with Crippen molar-refractivity contribution in [3.8, 4) is 0 Å². The van der Waals surface area contributed by atoms with Crippen LogP contribution in [0.25, 0.3) is 0 Å². The molecular weight excluding hydrogens is 130 g/mol. The minimum absolute atomic E-state index is 0.289. The molecule has 1 unspecified atom stereocenters. The molecule has 0 fully saturated rings. The zero-order valence-corrected chi connectivity index (χ0v) is 8.16. The lowest BCUT2D eigenvalue weighted by Crippen LogP contribution is -2.31. The van der Waals surface area contributed by atoms with Crippen molar-refractivity contribution in [3.63, 3.8) is 0 Å². The van der Waals surface area contributed by atoms with E-state index in [0.717, 1.165) is 0 Å². The lowest BCUT2D eigenvalue weighted by Gasteiger charge is -2.22. The molecule has 0 aliphatic heterocycles. The van der Waals surface area contributed by atoms with Gasteiger partial charge in [0.05, 0.1) is 6.23 Å². The molecule has 0 aromatic carbocycles. The predicted molar refractivity (Wildman–Crippen MR) is 43.1 cm³/mol. The Bertz CT molecular complexity index is 75.5. The quantitative estimate of drug-likeness (QED) is 0.434. The van der Waals surface area contributed by atoms with Crippen LogP contribution >= 0.6 is 0 Å². The molecule has 3 heteroatoms. The zero-order valence-electron chi connectivity index (χ0n) is 7.01. The van der Waals surface area contributed by atoms with Crippen molar-refractivity contribution in [2.45, 2.75) is 26.2 Å². The number of hydrogen-bond donors (Lipinski definition) is 0. The molecule has 0 bridgehead atoms. The van der Waals surface area contributed by atoms with Crippen LogP contribution in [-0.4, -0.2) is 34.3 Å². The van der Waals surface area contributed by atoms with Crippen molar-refractivity contribution in [2.24, 2.45) is 0 Å². The smallest absolute Gasteiger partial charge is 0.173 e. The average molecular weight is 147 g/mol. The fraction of sp³-hybridized carbons (Fsp3) is 1.00. The summed E-state index contributed by atoms with van der Waals surface area (Å²) >= 11 is 0. The Morgan fingerprint density at radius 1 is 1.33 bits per heavy atom. The first-order valence-corrected chi connectivity index (χ1v) is 6.14. The Hall–Kier alpha value is 0.137. The van der Waals surface area contributed by atoms with Gasteiger partial charge in [-0.15, -0.1) is 0 Å². The van der Waals surface area contributed by atoms with Crippen LogP contribution in [0.15, 0.2) is 0 Å². The normalized spacial score (nSPS) is 15.0. The van der Waals surface area contributed by atoms with E-state index >= 15 is 0 Å². The fourth-order valence-electron chi connectivity index (χ4n) is 0.516. The summed E-state index contributed by atoms with van der Waals surface area (Å²) in [6.45, 7) is 6.44. The molecule has 0 radical (unpaired) electrons. The van der Waals surface area contributed by atoms with E-state index in [-0.39, 0.29) is 6.23 Å². The molecule has 0 N–H and O–H groups in total. The average Bonchev–Trinajstić information content (AvgIpc) is 1.63. The van der Waals surface area contributed by atoms with E-state index < -0.39 is 9.04 Å². The molecule has 2 nitrogen and oxygen atoms in total. The predicted octanol–water partition coefficient (Wildman–Crippen LogP) is 0.894. The second-order valence-electron chi connectivity index (χ2n) is 2.75. The lowest BCUT2D eigenvalue weighted by molar-refractivity contribution is 0.0813. The van der Waals surface area contributed by atoms with Crippen LogP contribution in [0.2, 0.25) is 13.1 Å². The lowest BCUT2D eigenvalue weighted by atomic mass is 10.6. The molecule has 1 atom stereocenters. The van der Waals surface area contributed by atoms with Crippen LogP contribution in [0, 0.1) is 0 Å². The Morgan fingerprint density at radius 3 is 1.89 bits per heavy atom. The van der Waals surface area contributed by atoms with Crippen LogP contribution in [0.3, 0.4) is 0 Å². The summed E-state index contributed by atoms with van der Waals surface area (Å²) < 4.78 is 5.58. The number of nitrogens with zero attached hydrogens (tertiary/aromatic N) is 1. The second kappa shape index (κ2) is 4.03. The molecule has 0 aliphatic carbocycles. The van der Waals surface area contributed by atoms with Gasteiger partial charge in [-0.25, -0.2) is 0 Å². The van der Waals surface area contributed by atoms with Gasteiger partial charge in [-0.2, -0.15) is 0 Å². The summed E-state index contributed by atoms with van der Waals surface area (Å²) in [6, 6.07) is 0. The Morgan fingerprint density at radius 2 is 1.78 bits per heavy atom. The van der Waals surface area contributed by atoms with Gasteiger partial charge in [0.2, 0.25) is 0 Å². The fourth-order valence-corrected chi connectivity index (χ4v) is 1.55. The Labute approximate surface area is 59.5 Å². The molecule has 0 spiro atoms. The first kappa shape index (κ1) is 9.14. The van der Waals surface area contributed by atoms with Crippen LogP contribution in [0.1, 0.15) is 6.92 Å². The molecule has 0 aromatic rings. The van der Waals surface area contributed by atoms with Crippen molar-refractivity contribution in [1.29, 1.82) is 0 Å². The molecule has 0 heterocycles. The highest BCUT2D eigenvalue weighted by molar-refractivity contribution is 6.48. The molecule has 0 rings (SSSR count). The van der Waals surface area contributed by atoms with Crippen LogP contribution in [0.4, 0.5) is 0 Å². The SMILES string of the molecule is CC(O[SiH](C)C)N(C)C. The number of rotatable bonds is 3. The monoisotopic (exact) mass is 147 g/mol. The highest BCUT2D eigenvalue weighted by Crippen LogP contribution is 1.95. The summed E-state index contributed by atoms with van der Waals surface area (Å²) in [5, 5.41) is 0. The summed E-state index contributed by atoms with van der Waals surface area (Å²) in [4.78, 5) is 2.08. The van der Waals surface area contributed by atoms with E-state index in [4.69, 9.17) is 4.43 Å². The molecule has 9 heavy (non-hydrogen) atoms. The highest BCUT2D eigenvalue weighted by atomic mass is 28.3. The van der Waals surface area contributed by atoms with E-state index in [0.29, 0.717) is 0 Å². The van der Waals surface area contributed by atoms with E-state index in [9.17, 15) is 0 Å². The largest absolute Gasteiger partial charge is 0.406 e. The van der Waals surface area contributed by atoms with Gasteiger partial charge in [0.1, 0.15) is 0 Å². The summed E-state index contributed by atoms with van der Waals surface area (Å²) in [7, 11) is 3.23. The minimum Gasteiger partial charge on any atom is -0.406 e. The zero-order chi connectivity index (χ0) is 7.44. The van der Waals surface area contributed by atoms with Gasteiger partial charge in [-0.3, -0.25) is 4.90 Å². The van der Waals surface area contributed by atoms with E-state index in [1.165, 1.54) is 0 Å². The number of hydrogen-bond acceptors (Lipinski definition) is 2. The molecule has 0 aromatic heterocycles. The van der Waals surface area contributed by atoms with Crippen molar-refractivity contribution in [2.75, 3.05) is 14.1 Å². The molecule has 56 valence electrons. The van der Waals surface area contributed by atoms with Crippen molar-refractivity contribution in [1.82, 2.24) is 4.90 Å². The molecule has 0 saturated carbocycles. The summed E-state index contributed by atoms with van der Waals surface area (Å²) in [5.41, 5.74) is 0. The first-order chi connectivity index (χ1) is 4.04. The van der Waals surface area contributed by atoms with Gasteiger partial charge in [-0.1, -0.05) is 0 Å². The van der Waals surface area contributed by atoms with Gasteiger partial charge in [0, 0.05) is 0 Å².